The number of benzene rings is 2. The molecule has 0 aliphatic carbocycles. The zero-order chi connectivity index (χ0) is 20.5. The topological polar surface area (TPSA) is 64.2 Å². The van der Waals surface area contributed by atoms with Crippen LogP contribution in [0.1, 0.15) is 20.7 Å². The predicted octanol–water partition coefficient (Wildman–Crippen LogP) is 1.70. The number of nitrogens with zero attached hydrogens (tertiary/aromatic N) is 4. The normalized spacial score (nSPS) is 15.8. The number of imide groups is 1. The van der Waals surface area contributed by atoms with E-state index in [-0.39, 0.29) is 12.5 Å². The molecule has 0 unspecified atom stereocenters. The molecule has 0 atom stereocenters. The molecule has 7 nitrogen and oxygen atoms in total. The highest BCUT2D eigenvalue weighted by molar-refractivity contribution is 6.22. The highest BCUT2D eigenvalue weighted by atomic mass is 16.2. The molecule has 0 spiro atoms. The van der Waals surface area contributed by atoms with Gasteiger partial charge in [-0.3, -0.25) is 19.3 Å². The second kappa shape index (κ2) is 7.67. The van der Waals surface area contributed by atoms with E-state index in [1.165, 1.54) is 0 Å². The van der Waals surface area contributed by atoms with E-state index in [1.807, 2.05) is 38.4 Å². The highest BCUT2D eigenvalue weighted by Gasteiger charge is 2.38. The Morgan fingerprint density at radius 3 is 2.10 bits per heavy atom. The maximum absolute atomic E-state index is 13.1. The van der Waals surface area contributed by atoms with Crippen LogP contribution in [-0.4, -0.2) is 74.3 Å². The number of para-hydroxylation sites is 2. The van der Waals surface area contributed by atoms with Crippen LogP contribution in [0.3, 0.4) is 0 Å². The predicted molar refractivity (Wildman–Crippen MR) is 111 cm³/mol. The fraction of sp³-hybridized carbons (Fsp3) is 0.318. The van der Waals surface area contributed by atoms with Gasteiger partial charge in [0.1, 0.15) is 6.54 Å². The van der Waals surface area contributed by atoms with Gasteiger partial charge in [0.25, 0.3) is 11.8 Å². The fourth-order valence-corrected chi connectivity index (χ4v) is 3.84. The third-order valence-electron chi connectivity index (χ3n) is 5.40. The summed E-state index contributed by atoms with van der Waals surface area (Å²) in [5, 5.41) is 0. The van der Waals surface area contributed by atoms with E-state index in [0.717, 1.165) is 29.4 Å². The maximum Gasteiger partial charge on any atom is 0.262 e. The summed E-state index contributed by atoms with van der Waals surface area (Å²) in [5.41, 5.74) is 2.54. The summed E-state index contributed by atoms with van der Waals surface area (Å²) >= 11 is 0. The van der Waals surface area contributed by atoms with Crippen LogP contribution < -0.4 is 9.80 Å². The van der Waals surface area contributed by atoms with Gasteiger partial charge in [0, 0.05) is 26.2 Å². The summed E-state index contributed by atoms with van der Waals surface area (Å²) in [6.45, 7) is 2.76. The largest absolute Gasteiger partial charge is 0.367 e. The number of hydrogen-bond acceptors (Lipinski definition) is 5. The van der Waals surface area contributed by atoms with E-state index in [0.29, 0.717) is 24.2 Å². The molecule has 0 N–H and O–H groups in total. The molecule has 2 aromatic rings. The van der Waals surface area contributed by atoms with Gasteiger partial charge in [-0.2, -0.15) is 0 Å². The Bertz CT molecular complexity index is 937. The molecule has 2 heterocycles. The minimum absolute atomic E-state index is 0.251. The molecule has 4 rings (SSSR count). The van der Waals surface area contributed by atoms with Crippen molar-refractivity contribution in [2.75, 3.05) is 56.6 Å². The van der Waals surface area contributed by atoms with Crippen molar-refractivity contribution in [3.63, 3.8) is 0 Å². The van der Waals surface area contributed by atoms with E-state index < -0.39 is 11.8 Å². The summed E-state index contributed by atoms with van der Waals surface area (Å²) in [5.74, 6) is -1.06. The minimum Gasteiger partial charge on any atom is -0.367 e. The Morgan fingerprint density at radius 1 is 0.897 bits per heavy atom. The molecule has 7 heteroatoms. The van der Waals surface area contributed by atoms with Crippen LogP contribution in [-0.2, 0) is 4.79 Å². The van der Waals surface area contributed by atoms with Gasteiger partial charge in [-0.25, -0.2) is 0 Å². The lowest BCUT2D eigenvalue weighted by Crippen LogP contribution is -2.49. The van der Waals surface area contributed by atoms with Crippen molar-refractivity contribution in [3.05, 3.63) is 59.7 Å². The van der Waals surface area contributed by atoms with Crippen molar-refractivity contribution < 1.29 is 14.4 Å². The number of rotatable bonds is 5. The van der Waals surface area contributed by atoms with E-state index in [2.05, 4.69) is 9.80 Å². The Morgan fingerprint density at radius 2 is 1.48 bits per heavy atom. The summed E-state index contributed by atoms with van der Waals surface area (Å²) in [6, 6.07) is 14.5. The third-order valence-corrected chi connectivity index (χ3v) is 5.40. The van der Waals surface area contributed by atoms with Crippen molar-refractivity contribution in [3.8, 4) is 0 Å². The molecule has 0 bridgehead atoms. The first-order valence-electron chi connectivity index (χ1n) is 9.71. The molecule has 0 radical (unpaired) electrons. The molecule has 2 aliphatic heterocycles. The molecular weight excluding hydrogens is 368 g/mol. The van der Waals surface area contributed by atoms with Gasteiger partial charge in [0.2, 0.25) is 5.91 Å². The number of carbonyl (C=O) groups is 3. The Hall–Kier alpha value is -3.19. The SMILES string of the molecule is CN(C)CCN1CCN(C(=O)CN2C(=O)c3ccccc3C2=O)c2ccccc21. The van der Waals surface area contributed by atoms with Crippen LogP contribution in [0.15, 0.2) is 48.5 Å². The van der Waals surface area contributed by atoms with Crippen molar-refractivity contribution in [1.82, 2.24) is 9.80 Å². The second-order valence-electron chi connectivity index (χ2n) is 7.57. The summed E-state index contributed by atoms with van der Waals surface area (Å²) in [4.78, 5) is 45.4. The molecule has 0 saturated heterocycles. The van der Waals surface area contributed by atoms with Gasteiger partial charge >= 0.3 is 0 Å². The number of amides is 3. The molecule has 150 valence electrons. The molecule has 2 aliphatic rings. The molecule has 29 heavy (non-hydrogen) atoms. The Kier molecular flexibility index (Phi) is 5.07. The van der Waals surface area contributed by atoms with E-state index in [4.69, 9.17) is 0 Å². The van der Waals surface area contributed by atoms with Crippen LogP contribution >= 0.6 is 0 Å². The van der Waals surface area contributed by atoms with Gasteiger partial charge in [-0.1, -0.05) is 24.3 Å². The fourth-order valence-electron chi connectivity index (χ4n) is 3.84. The lowest BCUT2D eigenvalue weighted by Gasteiger charge is -2.38. The zero-order valence-corrected chi connectivity index (χ0v) is 16.7. The van der Waals surface area contributed by atoms with Crippen LogP contribution in [0.4, 0.5) is 11.4 Å². The van der Waals surface area contributed by atoms with E-state index in [1.54, 1.807) is 29.2 Å². The molecule has 0 aromatic heterocycles. The number of carbonyl (C=O) groups excluding carboxylic acids is 3. The van der Waals surface area contributed by atoms with Gasteiger partial charge in [0.15, 0.2) is 0 Å². The average Bonchev–Trinajstić information content (AvgIpc) is 2.97. The highest BCUT2D eigenvalue weighted by Crippen LogP contribution is 2.33. The van der Waals surface area contributed by atoms with Crippen LogP contribution in [0, 0.1) is 0 Å². The summed E-state index contributed by atoms with van der Waals surface area (Å²) < 4.78 is 0. The first kappa shape index (κ1) is 19.1. The number of likely N-dealkylation sites (N-methyl/N-ethyl adjacent to an activating group) is 1. The van der Waals surface area contributed by atoms with Gasteiger partial charge < -0.3 is 14.7 Å². The monoisotopic (exact) mass is 392 g/mol. The number of hydrogen-bond donors (Lipinski definition) is 0. The van der Waals surface area contributed by atoms with Crippen LogP contribution in [0.5, 0.6) is 0 Å². The minimum atomic E-state index is -0.406. The van der Waals surface area contributed by atoms with E-state index in [9.17, 15) is 14.4 Å². The molecular formula is C22H24N4O3. The molecule has 0 saturated carbocycles. The van der Waals surface area contributed by atoms with Gasteiger partial charge in [0.05, 0.1) is 22.5 Å². The third kappa shape index (κ3) is 3.49. The Balaban J connectivity index is 1.53. The number of anilines is 2. The van der Waals surface area contributed by atoms with Crippen molar-refractivity contribution in [2.45, 2.75) is 0 Å². The second-order valence-corrected chi connectivity index (χ2v) is 7.57. The summed E-state index contributed by atoms with van der Waals surface area (Å²) in [6.07, 6.45) is 0. The Labute approximate surface area is 170 Å². The van der Waals surface area contributed by atoms with Gasteiger partial charge in [-0.15, -0.1) is 0 Å². The van der Waals surface area contributed by atoms with Crippen LogP contribution in [0.25, 0.3) is 0 Å². The van der Waals surface area contributed by atoms with E-state index >= 15 is 0 Å². The average molecular weight is 392 g/mol. The quantitative estimate of drug-likeness (QED) is 0.725. The first-order chi connectivity index (χ1) is 14.0. The van der Waals surface area contributed by atoms with Crippen molar-refractivity contribution in [2.24, 2.45) is 0 Å². The molecule has 3 amide bonds. The maximum atomic E-state index is 13.1. The zero-order valence-electron chi connectivity index (χ0n) is 16.7. The lowest BCUT2D eigenvalue weighted by atomic mass is 10.1. The van der Waals surface area contributed by atoms with Crippen molar-refractivity contribution >= 4 is 29.1 Å². The smallest absolute Gasteiger partial charge is 0.262 e. The standard InChI is InChI=1S/C22H24N4O3/c1-23(2)11-12-24-13-14-25(19-10-6-5-9-18(19)24)20(27)15-26-21(28)16-7-3-4-8-17(16)22(26)29/h3-10H,11-15H2,1-2H3. The number of fused-ring (bicyclic) bond motifs is 2. The first-order valence-corrected chi connectivity index (χ1v) is 9.71. The van der Waals surface area contributed by atoms with Crippen molar-refractivity contribution in [1.29, 1.82) is 0 Å². The summed E-state index contributed by atoms with van der Waals surface area (Å²) in [7, 11) is 4.07. The molecule has 2 aromatic carbocycles. The van der Waals surface area contributed by atoms with Gasteiger partial charge in [-0.05, 0) is 38.4 Å². The van der Waals surface area contributed by atoms with Crippen LogP contribution in [0.2, 0.25) is 0 Å². The lowest BCUT2D eigenvalue weighted by molar-refractivity contribution is -0.119. The molecule has 0 fully saturated rings.